The van der Waals surface area contributed by atoms with Crippen LogP contribution in [0.15, 0.2) is 49.2 Å². The number of hydrogen-bond acceptors (Lipinski definition) is 3. The summed E-state index contributed by atoms with van der Waals surface area (Å²) in [6.07, 6.45) is 5.76. The van der Waals surface area contributed by atoms with Crippen LogP contribution in [0.3, 0.4) is 0 Å². The number of para-hydroxylation sites is 1. The minimum Gasteiger partial charge on any atom is -0.387 e. The van der Waals surface area contributed by atoms with Crippen molar-refractivity contribution in [1.82, 2.24) is 9.88 Å². The van der Waals surface area contributed by atoms with Crippen LogP contribution < -0.4 is 0 Å². The summed E-state index contributed by atoms with van der Waals surface area (Å²) in [6.45, 7) is 6.11. The molecule has 3 aliphatic heterocycles. The van der Waals surface area contributed by atoms with Crippen LogP contribution in [0.2, 0.25) is 0 Å². The van der Waals surface area contributed by atoms with E-state index < -0.39 is 6.10 Å². The first kappa shape index (κ1) is 13.9. The fourth-order valence-corrected chi connectivity index (χ4v) is 4.29. The van der Waals surface area contributed by atoms with Gasteiger partial charge in [-0.3, -0.25) is 9.88 Å². The van der Waals surface area contributed by atoms with Gasteiger partial charge in [0, 0.05) is 24.2 Å². The van der Waals surface area contributed by atoms with Crippen molar-refractivity contribution >= 4 is 10.9 Å². The molecule has 0 aliphatic carbocycles. The van der Waals surface area contributed by atoms with Crippen molar-refractivity contribution in [1.29, 1.82) is 0 Å². The van der Waals surface area contributed by atoms with E-state index in [-0.39, 0.29) is 6.04 Å². The Kier molecular flexibility index (Phi) is 3.47. The quantitative estimate of drug-likeness (QED) is 0.883. The molecule has 2 aromatic rings. The molecule has 114 valence electrons. The maximum Gasteiger partial charge on any atom is 0.0952 e. The molecular weight excluding hydrogens is 272 g/mol. The van der Waals surface area contributed by atoms with Crippen molar-refractivity contribution in [2.75, 3.05) is 13.1 Å². The number of hydrogen-bond donors (Lipinski definition) is 1. The minimum atomic E-state index is -0.443. The molecule has 1 aromatic carbocycles. The number of aliphatic hydroxyl groups is 1. The highest BCUT2D eigenvalue weighted by Gasteiger charge is 2.42. The lowest BCUT2D eigenvalue weighted by atomic mass is 9.73. The van der Waals surface area contributed by atoms with E-state index >= 15 is 0 Å². The normalized spacial score (nSPS) is 32.0. The molecule has 4 heterocycles. The van der Waals surface area contributed by atoms with E-state index in [4.69, 9.17) is 0 Å². The van der Waals surface area contributed by atoms with Gasteiger partial charge in [-0.05, 0) is 48.9 Å². The minimum absolute atomic E-state index is 0.223. The number of benzene rings is 1. The predicted octanol–water partition coefficient (Wildman–Crippen LogP) is 3.16. The average molecular weight is 294 g/mol. The van der Waals surface area contributed by atoms with Crippen LogP contribution in [-0.2, 0) is 0 Å². The van der Waals surface area contributed by atoms with Gasteiger partial charge in [-0.1, -0.05) is 24.3 Å². The molecule has 3 heteroatoms. The third kappa shape index (κ3) is 2.16. The van der Waals surface area contributed by atoms with Crippen molar-refractivity contribution in [3.63, 3.8) is 0 Å². The van der Waals surface area contributed by atoms with E-state index in [0.717, 1.165) is 36.0 Å². The molecule has 3 aliphatic rings. The summed E-state index contributed by atoms with van der Waals surface area (Å²) in [5.41, 5.74) is 1.97. The maximum atomic E-state index is 11.0. The Labute approximate surface area is 131 Å². The van der Waals surface area contributed by atoms with Gasteiger partial charge < -0.3 is 5.11 Å². The lowest BCUT2D eigenvalue weighted by Gasteiger charge is -2.50. The van der Waals surface area contributed by atoms with E-state index in [0.29, 0.717) is 11.8 Å². The highest BCUT2D eigenvalue weighted by Crippen LogP contribution is 2.41. The van der Waals surface area contributed by atoms with Crippen molar-refractivity contribution in [2.45, 2.75) is 25.0 Å². The van der Waals surface area contributed by atoms with Gasteiger partial charge in [0.2, 0.25) is 0 Å². The second-order valence-corrected chi connectivity index (χ2v) is 6.61. The van der Waals surface area contributed by atoms with Gasteiger partial charge in [0.1, 0.15) is 0 Å². The Morgan fingerprint density at radius 2 is 2.18 bits per heavy atom. The number of aliphatic hydroxyl groups excluding tert-OH is 1. The van der Waals surface area contributed by atoms with E-state index in [1.165, 1.54) is 6.42 Å². The first-order valence-electron chi connectivity index (χ1n) is 8.16. The van der Waals surface area contributed by atoms with E-state index in [1.54, 1.807) is 0 Å². The summed E-state index contributed by atoms with van der Waals surface area (Å²) < 4.78 is 0. The Hall–Kier alpha value is -1.71. The van der Waals surface area contributed by atoms with Gasteiger partial charge in [-0.25, -0.2) is 0 Å². The van der Waals surface area contributed by atoms with Crippen molar-refractivity contribution < 1.29 is 5.11 Å². The zero-order chi connectivity index (χ0) is 15.1. The van der Waals surface area contributed by atoms with Crippen LogP contribution in [-0.4, -0.2) is 34.1 Å². The Morgan fingerprint density at radius 1 is 1.32 bits per heavy atom. The van der Waals surface area contributed by atoms with Crippen LogP contribution in [0, 0.1) is 11.8 Å². The lowest BCUT2D eigenvalue weighted by molar-refractivity contribution is -0.0444. The SMILES string of the molecule is C=C[C@H]1C[N@@]2CCC1C[C@H]2[C@@H](O)c1ccnc2ccccc12. The van der Waals surface area contributed by atoms with Crippen molar-refractivity contribution in [3.05, 3.63) is 54.7 Å². The number of nitrogens with zero attached hydrogens (tertiary/aromatic N) is 2. The van der Waals surface area contributed by atoms with Gasteiger partial charge in [0.25, 0.3) is 0 Å². The molecule has 3 nitrogen and oxygen atoms in total. The summed E-state index contributed by atoms with van der Waals surface area (Å²) in [6, 6.07) is 10.3. The maximum absolute atomic E-state index is 11.0. The number of aromatic nitrogens is 1. The van der Waals surface area contributed by atoms with E-state index in [2.05, 4.69) is 28.6 Å². The van der Waals surface area contributed by atoms with Crippen LogP contribution in [0.25, 0.3) is 10.9 Å². The monoisotopic (exact) mass is 294 g/mol. The molecule has 22 heavy (non-hydrogen) atoms. The second kappa shape index (κ2) is 5.49. The highest BCUT2D eigenvalue weighted by atomic mass is 16.3. The first-order valence-corrected chi connectivity index (χ1v) is 8.16. The lowest BCUT2D eigenvalue weighted by Crippen LogP contribution is -2.54. The largest absolute Gasteiger partial charge is 0.387 e. The van der Waals surface area contributed by atoms with Crippen molar-refractivity contribution in [3.8, 4) is 0 Å². The topological polar surface area (TPSA) is 36.4 Å². The summed E-state index contributed by atoms with van der Waals surface area (Å²) >= 11 is 0. The smallest absolute Gasteiger partial charge is 0.0952 e. The molecule has 5 atom stereocenters. The summed E-state index contributed by atoms with van der Waals surface area (Å²) in [4.78, 5) is 6.86. The molecule has 5 rings (SSSR count). The standard InChI is InChI=1S/C19H22N2O/c1-2-13-12-21-10-8-14(13)11-18(21)19(22)16-7-9-20-17-6-4-3-5-15(16)17/h2-7,9,13-14,18-19,22H,1,8,10-12H2/t13-,14?,18-,19-/m0/s1. The molecule has 3 saturated heterocycles. The highest BCUT2D eigenvalue weighted by molar-refractivity contribution is 5.82. The van der Waals surface area contributed by atoms with Gasteiger partial charge in [0.15, 0.2) is 0 Å². The summed E-state index contributed by atoms with van der Waals surface area (Å²) in [7, 11) is 0. The fourth-order valence-electron chi connectivity index (χ4n) is 4.29. The molecule has 2 bridgehead atoms. The zero-order valence-electron chi connectivity index (χ0n) is 12.7. The Morgan fingerprint density at radius 3 is 2.95 bits per heavy atom. The van der Waals surface area contributed by atoms with E-state index in [9.17, 15) is 5.11 Å². The third-order valence-corrected chi connectivity index (χ3v) is 5.52. The molecule has 1 aromatic heterocycles. The summed E-state index contributed by atoms with van der Waals surface area (Å²) in [5.74, 6) is 1.27. The molecule has 1 unspecified atom stereocenters. The number of piperidine rings is 3. The van der Waals surface area contributed by atoms with Crippen molar-refractivity contribution in [2.24, 2.45) is 11.8 Å². The summed E-state index contributed by atoms with van der Waals surface area (Å²) in [5, 5.41) is 12.1. The molecule has 0 amide bonds. The van der Waals surface area contributed by atoms with Gasteiger partial charge in [-0.15, -0.1) is 6.58 Å². The second-order valence-electron chi connectivity index (χ2n) is 6.61. The Balaban J connectivity index is 1.67. The van der Waals surface area contributed by atoms with E-state index in [1.807, 2.05) is 30.5 Å². The average Bonchev–Trinajstić information content (AvgIpc) is 2.60. The number of rotatable bonds is 3. The molecular formula is C19H22N2O. The van der Waals surface area contributed by atoms with Crippen LogP contribution in [0.4, 0.5) is 0 Å². The molecule has 0 saturated carbocycles. The zero-order valence-corrected chi connectivity index (χ0v) is 12.7. The number of fused-ring (bicyclic) bond motifs is 4. The van der Waals surface area contributed by atoms with Crippen LogP contribution >= 0.6 is 0 Å². The van der Waals surface area contributed by atoms with Gasteiger partial charge in [-0.2, -0.15) is 0 Å². The van der Waals surface area contributed by atoms with Gasteiger partial charge in [0.05, 0.1) is 11.6 Å². The first-order chi connectivity index (χ1) is 10.8. The molecule has 0 spiro atoms. The molecule has 0 radical (unpaired) electrons. The third-order valence-electron chi connectivity index (χ3n) is 5.52. The predicted molar refractivity (Wildman–Crippen MR) is 88.5 cm³/mol. The Bertz CT molecular complexity index is 693. The van der Waals surface area contributed by atoms with Gasteiger partial charge >= 0.3 is 0 Å². The molecule has 3 fully saturated rings. The number of pyridine rings is 1. The molecule has 1 N–H and O–H groups in total. The van der Waals surface area contributed by atoms with Crippen LogP contribution in [0.1, 0.15) is 24.5 Å². The van der Waals surface area contributed by atoms with Crippen LogP contribution in [0.5, 0.6) is 0 Å². The fraction of sp³-hybridized carbons (Fsp3) is 0.421.